The Hall–Kier alpha value is -1.18. The second kappa shape index (κ2) is 1.97. The summed E-state index contributed by atoms with van der Waals surface area (Å²) in [5, 5.41) is 0. The second-order valence-electron chi connectivity index (χ2n) is 2.03. The van der Waals surface area contributed by atoms with Crippen molar-refractivity contribution in [2.24, 2.45) is 0 Å². The summed E-state index contributed by atoms with van der Waals surface area (Å²) >= 11 is 0. The van der Waals surface area contributed by atoms with Crippen LogP contribution in [0.15, 0.2) is 12.1 Å². The minimum atomic E-state index is 0.595. The van der Waals surface area contributed by atoms with Gasteiger partial charge >= 0.3 is 0 Å². The zero-order chi connectivity index (χ0) is 6.85. The molecule has 4 N–H and O–H groups in total. The third-order valence-electron chi connectivity index (χ3n) is 1.22. The van der Waals surface area contributed by atoms with E-state index in [-0.39, 0.29) is 0 Å². The molecule has 0 aliphatic heterocycles. The van der Waals surface area contributed by atoms with Gasteiger partial charge in [0, 0.05) is 17.4 Å². The molecule has 0 aliphatic carbocycles. The van der Waals surface area contributed by atoms with E-state index in [0.29, 0.717) is 5.69 Å². The number of hydrogen-bond donors (Lipinski definition) is 2. The molecule has 1 radical (unpaired) electrons. The lowest BCUT2D eigenvalue weighted by Gasteiger charge is -1.97. The Morgan fingerprint density at radius 1 is 1.44 bits per heavy atom. The SMILES string of the molecule is Cc1c[c]c(N)cc1N. The molecule has 2 heteroatoms. The molecule has 0 unspecified atom stereocenters. The van der Waals surface area contributed by atoms with E-state index in [2.05, 4.69) is 6.07 Å². The van der Waals surface area contributed by atoms with Crippen molar-refractivity contribution in [1.29, 1.82) is 0 Å². The van der Waals surface area contributed by atoms with E-state index < -0.39 is 0 Å². The molecule has 0 spiro atoms. The number of hydrogen-bond acceptors (Lipinski definition) is 2. The summed E-state index contributed by atoms with van der Waals surface area (Å²) in [6, 6.07) is 6.32. The highest BCUT2D eigenvalue weighted by atomic mass is 14.6. The number of anilines is 2. The highest BCUT2D eigenvalue weighted by molar-refractivity contribution is 5.55. The van der Waals surface area contributed by atoms with Crippen LogP contribution in [0.4, 0.5) is 11.4 Å². The van der Waals surface area contributed by atoms with Crippen molar-refractivity contribution in [2.45, 2.75) is 6.92 Å². The highest BCUT2D eigenvalue weighted by Crippen LogP contribution is 2.12. The van der Waals surface area contributed by atoms with Crippen molar-refractivity contribution in [3.05, 3.63) is 23.8 Å². The topological polar surface area (TPSA) is 52.0 Å². The average molecular weight is 121 g/mol. The number of rotatable bonds is 0. The Balaban J connectivity index is 3.17. The summed E-state index contributed by atoms with van der Waals surface area (Å²) in [5.74, 6) is 0. The van der Waals surface area contributed by atoms with Crippen LogP contribution in [0.25, 0.3) is 0 Å². The summed E-state index contributed by atoms with van der Waals surface area (Å²) in [7, 11) is 0. The van der Waals surface area contributed by atoms with Crippen LogP contribution in [0.3, 0.4) is 0 Å². The molecule has 0 heterocycles. The Bertz CT molecular complexity index is 218. The van der Waals surface area contributed by atoms with E-state index in [1.165, 1.54) is 0 Å². The monoisotopic (exact) mass is 121 g/mol. The lowest BCUT2D eigenvalue weighted by atomic mass is 10.2. The minimum Gasteiger partial charge on any atom is -0.398 e. The van der Waals surface area contributed by atoms with Crippen molar-refractivity contribution in [1.82, 2.24) is 0 Å². The standard InChI is InChI=1S/C7H9N2/c1-5-2-3-6(8)4-7(5)9/h2,4H,8-9H2,1H3. The molecule has 0 fully saturated rings. The first-order valence-electron chi connectivity index (χ1n) is 2.73. The van der Waals surface area contributed by atoms with Crippen molar-refractivity contribution in [3.8, 4) is 0 Å². The molecule has 9 heavy (non-hydrogen) atoms. The fourth-order valence-corrected chi connectivity index (χ4v) is 0.598. The van der Waals surface area contributed by atoms with Crippen LogP contribution in [0, 0.1) is 13.0 Å². The van der Waals surface area contributed by atoms with Gasteiger partial charge in [0.2, 0.25) is 0 Å². The summed E-state index contributed by atoms with van der Waals surface area (Å²) in [6.07, 6.45) is 0. The number of aryl methyl sites for hydroxylation is 1. The molecule has 0 saturated carbocycles. The highest BCUT2D eigenvalue weighted by Gasteiger charge is 1.90. The van der Waals surface area contributed by atoms with E-state index >= 15 is 0 Å². The molecule has 0 aromatic heterocycles. The Morgan fingerprint density at radius 2 is 2.11 bits per heavy atom. The third-order valence-corrected chi connectivity index (χ3v) is 1.22. The van der Waals surface area contributed by atoms with Crippen LogP contribution in [0.5, 0.6) is 0 Å². The van der Waals surface area contributed by atoms with Gasteiger partial charge in [0.25, 0.3) is 0 Å². The summed E-state index contributed by atoms with van der Waals surface area (Å²) < 4.78 is 0. The second-order valence-corrected chi connectivity index (χ2v) is 2.03. The molecule has 1 aromatic rings. The first kappa shape index (κ1) is 5.95. The van der Waals surface area contributed by atoms with Crippen LogP contribution in [-0.2, 0) is 0 Å². The first-order valence-corrected chi connectivity index (χ1v) is 2.73. The average Bonchev–Trinajstić information content (AvgIpc) is 1.80. The minimum absolute atomic E-state index is 0.595. The lowest BCUT2D eigenvalue weighted by Crippen LogP contribution is -1.91. The predicted octanol–water partition coefficient (Wildman–Crippen LogP) is 0.960. The molecule has 2 nitrogen and oxygen atoms in total. The van der Waals surface area contributed by atoms with Crippen molar-refractivity contribution >= 4 is 11.4 Å². The Labute approximate surface area is 54.5 Å². The maximum atomic E-state index is 5.52. The van der Waals surface area contributed by atoms with Gasteiger partial charge in [-0.05, 0) is 24.6 Å². The molecule has 0 amide bonds. The number of benzene rings is 1. The van der Waals surface area contributed by atoms with E-state index in [9.17, 15) is 0 Å². The zero-order valence-electron chi connectivity index (χ0n) is 5.31. The fourth-order valence-electron chi connectivity index (χ4n) is 0.598. The van der Waals surface area contributed by atoms with Gasteiger partial charge in [0.1, 0.15) is 0 Å². The van der Waals surface area contributed by atoms with E-state index in [1.54, 1.807) is 12.1 Å². The van der Waals surface area contributed by atoms with Crippen LogP contribution in [-0.4, -0.2) is 0 Å². The van der Waals surface area contributed by atoms with Crippen LogP contribution in [0.1, 0.15) is 5.56 Å². The largest absolute Gasteiger partial charge is 0.398 e. The molecule has 0 aliphatic rings. The summed E-state index contributed by atoms with van der Waals surface area (Å²) in [6.45, 7) is 1.92. The third kappa shape index (κ3) is 1.13. The zero-order valence-corrected chi connectivity index (χ0v) is 5.31. The maximum absolute atomic E-state index is 5.52. The normalized spacial score (nSPS) is 9.44. The van der Waals surface area contributed by atoms with Crippen molar-refractivity contribution in [2.75, 3.05) is 11.5 Å². The molecule has 1 rings (SSSR count). The van der Waals surface area contributed by atoms with E-state index in [1.807, 2.05) is 6.92 Å². The van der Waals surface area contributed by atoms with Gasteiger partial charge in [0.15, 0.2) is 0 Å². The molecule has 47 valence electrons. The van der Waals surface area contributed by atoms with E-state index in [0.717, 1.165) is 11.3 Å². The fraction of sp³-hybridized carbons (Fsp3) is 0.143. The Morgan fingerprint density at radius 3 is 2.56 bits per heavy atom. The van der Waals surface area contributed by atoms with Gasteiger partial charge < -0.3 is 11.5 Å². The first-order chi connectivity index (χ1) is 4.20. The number of nitrogens with two attached hydrogens (primary N) is 2. The van der Waals surface area contributed by atoms with Gasteiger partial charge in [-0.2, -0.15) is 0 Å². The van der Waals surface area contributed by atoms with Gasteiger partial charge in [-0.15, -0.1) is 0 Å². The van der Waals surface area contributed by atoms with Crippen LogP contribution < -0.4 is 11.5 Å². The predicted molar refractivity (Wildman–Crippen MR) is 38.8 cm³/mol. The molecule has 0 bridgehead atoms. The molecule has 1 aromatic carbocycles. The van der Waals surface area contributed by atoms with Gasteiger partial charge in [0.05, 0.1) is 0 Å². The van der Waals surface area contributed by atoms with Crippen molar-refractivity contribution < 1.29 is 0 Å². The molecule has 0 saturated heterocycles. The maximum Gasteiger partial charge on any atom is 0.0415 e. The van der Waals surface area contributed by atoms with Crippen LogP contribution in [0.2, 0.25) is 0 Å². The van der Waals surface area contributed by atoms with Crippen molar-refractivity contribution in [3.63, 3.8) is 0 Å². The summed E-state index contributed by atoms with van der Waals surface area (Å²) in [4.78, 5) is 0. The van der Waals surface area contributed by atoms with E-state index in [4.69, 9.17) is 11.5 Å². The van der Waals surface area contributed by atoms with Gasteiger partial charge in [-0.3, -0.25) is 0 Å². The quantitative estimate of drug-likeness (QED) is 0.502. The molecular weight excluding hydrogens is 112 g/mol. The molecule has 0 atom stereocenters. The lowest BCUT2D eigenvalue weighted by molar-refractivity contribution is 1.47. The smallest absolute Gasteiger partial charge is 0.0415 e. The Kier molecular flexibility index (Phi) is 1.30. The van der Waals surface area contributed by atoms with Gasteiger partial charge in [-0.25, -0.2) is 0 Å². The number of nitrogen functional groups attached to an aromatic ring is 2. The molecular formula is C7H9N2. The summed E-state index contributed by atoms with van der Waals surface area (Å²) in [5.41, 5.74) is 13.3. The van der Waals surface area contributed by atoms with Crippen LogP contribution >= 0.6 is 0 Å². The van der Waals surface area contributed by atoms with Gasteiger partial charge in [-0.1, -0.05) is 0 Å².